The van der Waals surface area contributed by atoms with Gasteiger partial charge in [-0.15, -0.1) is 0 Å². The number of methoxy groups -OCH3 is 1. The minimum Gasteiger partial charge on any atom is -0.399 e. The Bertz CT molecular complexity index is 514. The number of rotatable bonds is 4. The first kappa shape index (κ1) is 16.0. The molecule has 21 heavy (non-hydrogen) atoms. The molecule has 0 aromatic heterocycles. The molecule has 0 spiro atoms. The quantitative estimate of drug-likeness (QED) is 0.856. The molecule has 1 aromatic carbocycles. The highest BCUT2D eigenvalue weighted by Gasteiger charge is 2.52. The van der Waals surface area contributed by atoms with E-state index in [4.69, 9.17) is 14.0 Å². The van der Waals surface area contributed by atoms with Crippen LogP contribution in [-0.2, 0) is 18.8 Å². The lowest BCUT2D eigenvalue weighted by Gasteiger charge is -2.32. The standard InChI is InChI=1S/C15H22BNO4/c1-14(2)15(3,4)21-16(20-14)11-8-6-7-9-12(11)17-13(18)10-19-5/h6-9H,10H2,1-5H3,(H,17,18). The second-order valence-electron chi connectivity index (χ2n) is 6.16. The Morgan fingerprint density at radius 2 is 1.76 bits per heavy atom. The highest BCUT2D eigenvalue weighted by Crippen LogP contribution is 2.36. The molecule has 2 rings (SSSR count). The van der Waals surface area contributed by atoms with Crippen LogP contribution < -0.4 is 10.8 Å². The van der Waals surface area contributed by atoms with Gasteiger partial charge in [0.25, 0.3) is 0 Å². The molecule has 1 amide bonds. The van der Waals surface area contributed by atoms with Gasteiger partial charge in [0.15, 0.2) is 0 Å². The molecule has 6 heteroatoms. The minimum absolute atomic E-state index is 0.0116. The maximum Gasteiger partial charge on any atom is 0.496 e. The summed E-state index contributed by atoms with van der Waals surface area (Å²) in [6.07, 6.45) is 0. The number of hydrogen-bond acceptors (Lipinski definition) is 4. The number of para-hydroxylation sites is 1. The smallest absolute Gasteiger partial charge is 0.399 e. The molecule has 0 unspecified atom stereocenters. The summed E-state index contributed by atoms with van der Waals surface area (Å²) in [5.74, 6) is -0.207. The molecule has 1 saturated heterocycles. The van der Waals surface area contributed by atoms with Gasteiger partial charge in [0, 0.05) is 18.3 Å². The van der Waals surface area contributed by atoms with E-state index in [0.29, 0.717) is 5.69 Å². The van der Waals surface area contributed by atoms with Crippen molar-refractivity contribution in [1.29, 1.82) is 0 Å². The van der Waals surface area contributed by atoms with Crippen molar-refractivity contribution in [1.82, 2.24) is 0 Å². The zero-order valence-corrected chi connectivity index (χ0v) is 13.2. The first-order valence-electron chi connectivity index (χ1n) is 7.00. The maximum absolute atomic E-state index is 11.7. The minimum atomic E-state index is -0.506. The van der Waals surface area contributed by atoms with Crippen LogP contribution in [0.2, 0.25) is 0 Å². The van der Waals surface area contributed by atoms with Crippen molar-refractivity contribution in [2.24, 2.45) is 0 Å². The van der Waals surface area contributed by atoms with Crippen molar-refractivity contribution in [3.05, 3.63) is 24.3 Å². The summed E-state index contributed by atoms with van der Waals surface area (Å²) in [4.78, 5) is 11.7. The molecule has 1 N–H and O–H groups in total. The molecule has 1 aliphatic rings. The van der Waals surface area contributed by atoms with Crippen LogP contribution in [-0.4, -0.2) is 37.9 Å². The molecular formula is C15H22BNO4. The number of hydrogen-bond donors (Lipinski definition) is 1. The fraction of sp³-hybridized carbons (Fsp3) is 0.533. The van der Waals surface area contributed by atoms with Crippen molar-refractivity contribution in [2.45, 2.75) is 38.9 Å². The van der Waals surface area contributed by atoms with Crippen LogP contribution in [0.5, 0.6) is 0 Å². The van der Waals surface area contributed by atoms with Crippen molar-refractivity contribution >= 4 is 24.2 Å². The van der Waals surface area contributed by atoms with Gasteiger partial charge in [0.2, 0.25) is 5.91 Å². The highest BCUT2D eigenvalue weighted by molar-refractivity contribution is 6.64. The van der Waals surface area contributed by atoms with E-state index in [1.807, 2.05) is 52.0 Å². The van der Waals surface area contributed by atoms with Crippen molar-refractivity contribution in [3.8, 4) is 0 Å². The molecule has 114 valence electrons. The topological polar surface area (TPSA) is 56.8 Å². The fourth-order valence-electron chi connectivity index (χ4n) is 2.10. The predicted molar refractivity (Wildman–Crippen MR) is 82.7 cm³/mol. The van der Waals surface area contributed by atoms with Gasteiger partial charge >= 0.3 is 7.12 Å². The Kier molecular flexibility index (Phi) is 4.42. The number of amides is 1. The van der Waals surface area contributed by atoms with Crippen LogP contribution in [0.4, 0.5) is 5.69 Å². The lowest BCUT2D eigenvalue weighted by molar-refractivity contribution is -0.119. The zero-order valence-electron chi connectivity index (χ0n) is 13.2. The normalized spacial score (nSPS) is 19.6. The average molecular weight is 291 g/mol. The van der Waals surface area contributed by atoms with Gasteiger partial charge in [-0.3, -0.25) is 4.79 Å². The summed E-state index contributed by atoms with van der Waals surface area (Å²) in [5.41, 5.74) is 0.654. The Labute approximate surface area is 126 Å². The summed E-state index contributed by atoms with van der Waals surface area (Å²) in [7, 11) is 0.980. The number of anilines is 1. The van der Waals surface area contributed by atoms with Crippen molar-refractivity contribution in [2.75, 3.05) is 19.0 Å². The zero-order chi connectivity index (χ0) is 15.7. The van der Waals surface area contributed by atoms with Crippen LogP contribution in [0, 0.1) is 0 Å². The monoisotopic (exact) mass is 291 g/mol. The first-order chi connectivity index (χ1) is 9.77. The van der Waals surface area contributed by atoms with Crippen molar-refractivity contribution in [3.63, 3.8) is 0 Å². The molecule has 1 aliphatic heterocycles. The fourth-order valence-corrected chi connectivity index (χ4v) is 2.10. The van der Waals surface area contributed by atoms with Crippen LogP contribution >= 0.6 is 0 Å². The predicted octanol–water partition coefficient (Wildman–Crippen LogP) is 1.57. The van der Waals surface area contributed by atoms with Gasteiger partial charge in [-0.25, -0.2) is 0 Å². The van der Waals surface area contributed by atoms with E-state index in [1.54, 1.807) is 0 Å². The summed E-state index contributed by atoms with van der Waals surface area (Å²) in [6, 6.07) is 7.47. The Balaban J connectivity index is 2.24. The maximum atomic E-state index is 11.7. The Morgan fingerprint density at radius 1 is 1.19 bits per heavy atom. The molecule has 0 bridgehead atoms. The number of nitrogens with one attached hydrogen (secondary N) is 1. The Morgan fingerprint density at radius 3 is 2.33 bits per heavy atom. The third kappa shape index (κ3) is 3.28. The van der Waals surface area contributed by atoms with Gasteiger partial charge in [0.05, 0.1) is 11.2 Å². The number of benzene rings is 1. The summed E-state index contributed by atoms with van der Waals surface area (Å²) in [5, 5.41) is 2.82. The number of ether oxygens (including phenoxy) is 1. The molecule has 0 saturated carbocycles. The molecule has 0 aliphatic carbocycles. The lowest BCUT2D eigenvalue weighted by atomic mass is 9.78. The van der Waals surface area contributed by atoms with Crippen LogP contribution in [0.1, 0.15) is 27.7 Å². The second-order valence-corrected chi connectivity index (χ2v) is 6.16. The van der Waals surface area contributed by atoms with Gasteiger partial charge in [0.1, 0.15) is 6.61 Å². The number of carbonyl (C=O) groups is 1. The summed E-state index contributed by atoms with van der Waals surface area (Å²) < 4.78 is 16.9. The second kappa shape index (κ2) is 5.79. The average Bonchev–Trinajstić information content (AvgIpc) is 2.59. The molecule has 0 radical (unpaired) electrons. The van der Waals surface area contributed by atoms with Gasteiger partial charge in [-0.2, -0.15) is 0 Å². The Hall–Kier alpha value is -1.37. The van der Waals surface area contributed by atoms with E-state index >= 15 is 0 Å². The molecule has 0 atom stereocenters. The SMILES string of the molecule is COCC(=O)Nc1ccccc1B1OC(C)(C)C(C)(C)O1. The number of carbonyl (C=O) groups excluding carboxylic acids is 1. The molecule has 1 aromatic rings. The van der Waals surface area contributed by atoms with E-state index in [0.717, 1.165) is 5.46 Å². The van der Waals surface area contributed by atoms with E-state index in [2.05, 4.69) is 5.32 Å². The van der Waals surface area contributed by atoms with Crippen LogP contribution in [0.3, 0.4) is 0 Å². The summed E-state index contributed by atoms with van der Waals surface area (Å²) in [6.45, 7) is 8.01. The highest BCUT2D eigenvalue weighted by atomic mass is 16.7. The molecule has 1 fully saturated rings. The van der Waals surface area contributed by atoms with Crippen LogP contribution in [0.15, 0.2) is 24.3 Å². The summed E-state index contributed by atoms with van der Waals surface area (Å²) >= 11 is 0. The van der Waals surface area contributed by atoms with E-state index in [-0.39, 0.29) is 12.5 Å². The molecular weight excluding hydrogens is 269 g/mol. The largest absolute Gasteiger partial charge is 0.496 e. The molecule has 1 heterocycles. The van der Waals surface area contributed by atoms with E-state index in [1.165, 1.54) is 7.11 Å². The van der Waals surface area contributed by atoms with Gasteiger partial charge in [-0.1, -0.05) is 18.2 Å². The van der Waals surface area contributed by atoms with E-state index < -0.39 is 18.3 Å². The third-order valence-corrected chi connectivity index (χ3v) is 4.02. The molecule has 5 nitrogen and oxygen atoms in total. The van der Waals surface area contributed by atoms with Gasteiger partial charge < -0.3 is 19.4 Å². The third-order valence-electron chi connectivity index (χ3n) is 4.02. The first-order valence-corrected chi connectivity index (χ1v) is 7.00. The lowest BCUT2D eigenvalue weighted by Crippen LogP contribution is -2.41. The van der Waals surface area contributed by atoms with Gasteiger partial charge in [-0.05, 0) is 33.8 Å². The van der Waals surface area contributed by atoms with E-state index in [9.17, 15) is 4.79 Å². The van der Waals surface area contributed by atoms with Crippen molar-refractivity contribution < 1.29 is 18.8 Å². The van der Waals surface area contributed by atoms with Crippen LogP contribution in [0.25, 0.3) is 0 Å².